The molecule has 0 aliphatic heterocycles. The summed E-state index contributed by atoms with van der Waals surface area (Å²) in [4.78, 5) is 0.238. The van der Waals surface area contributed by atoms with E-state index >= 15 is 0 Å². The molecule has 16 heavy (non-hydrogen) atoms. The minimum Gasteiger partial charge on any atom is -0.497 e. The summed E-state index contributed by atoms with van der Waals surface area (Å²) in [5.74, 6) is 0.522. The quantitative estimate of drug-likeness (QED) is 0.863. The maximum absolute atomic E-state index is 12.2. The molecule has 0 atom stereocenters. The minimum absolute atomic E-state index is 0.0759. The first-order chi connectivity index (χ1) is 7.35. The zero-order valence-corrected chi connectivity index (χ0v) is 10.5. The highest BCUT2D eigenvalue weighted by Crippen LogP contribution is 2.26. The zero-order valence-electron chi connectivity index (χ0n) is 9.73. The van der Waals surface area contributed by atoms with Gasteiger partial charge in [-0.15, -0.1) is 0 Å². The number of rotatable bonds is 4. The highest BCUT2D eigenvalue weighted by Gasteiger charge is 2.34. The number of benzene rings is 1. The Labute approximate surface area is 96.3 Å². The molecule has 1 aromatic rings. The molecule has 0 unspecified atom stereocenters. The molecule has 0 radical (unpaired) electrons. The van der Waals surface area contributed by atoms with Gasteiger partial charge in [-0.1, -0.05) is 6.07 Å². The monoisotopic (exact) mass is 243 g/mol. The lowest BCUT2D eigenvalue weighted by Gasteiger charge is -2.22. The molecule has 0 bridgehead atoms. The van der Waals surface area contributed by atoms with Crippen molar-refractivity contribution in [3.8, 4) is 5.75 Å². The SMILES string of the molecule is COc1cccc(S(=O)(=O)C(C)(C)CN)c1. The van der Waals surface area contributed by atoms with Crippen LogP contribution in [0.25, 0.3) is 0 Å². The Kier molecular flexibility index (Phi) is 3.60. The van der Waals surface area contributed by atoms with Crippen molar-refractivity contribution < 1.29 is 13.2 Å². The van der Waals surface area contributed by atoms with Crippen LogP contribution in [0.5, 0.6) is 5.75 Å². The van der Waals surface area contributed by atoms with Gasteiger partial charge in [-0.3, -0.25) is 0 Å². The van der Waals surface area contributed by atoms with Crippen LogP contribution in [0, 0.1) is 0 Å². The van der Waals surface area contributed by atoms with Crippen molar-refractivity contribution in [2.75, 3.05) is 13.7 Å². The molecule has 0 saturated carbocycles. The predicted octanol–water partition coefficient (Wildman–Crippen LogP) is 1.21. The van der Waals surface area contributed by atoms with E-state index in [0.29, 0.717) is 5.75 Å². The van der Waals surface area contributed by atoms with Gasteiger partial charge >= 0.3 is 0 Å². The van der Waals surface area contributed by atoms with Crippen LogP contribution in [0.2, 0.25) is 0 Å². The van der Waals surface area contributed by atoms with Gasteiger partial charge in [0.15, 0.2) is 9.84 Å². The Morgan fingerprint density at radius 1 is 1.38 bits per heavy atom. The number of hydrogen-bond acceptors (Lipinski definition) is 4. The van der Waals surface area contributed by atoms with Gasteiger partial charge in [0.2, 0.25) is 0 Å². The summed E-state index contributed by atoms with van der Waals surface area (Å²) in [5, 5.41) is 0. The summed E-state index contributed by atoms with van der Waals surface area (Å²) >= 11 is 0. The molecule has 0 spiro atoms. The molecular weight excluding hydrogens is 226 g/mol. The normalized spacial score (nSPS) is 12.5. The summed E-state index contributed by atoms with van der Waals surface area (Å²) in [5.41, 5.74) is 5.49. The van der Waals surface area contributed by atoms with Gasteiger partial charge in [-0.25, -0.2) is 8.42 Å². The fourth-order valence-electron chi connectivity index (χ4n) is 1.20. The van der Waals surface area contributed by atoms with Crippen LogP contribution in [0.15, 0.2) is 29.2 Å². The van der Waals surface area contributed by atoms with E-state index in [4.69, 9.17) is 10.5 Å². The summed E-state index contributed by atoms with van der Waals surface area (Å²) in [7, 11) is -1.93. The maximum atomic E-state index is 12.2. The number of sulfone groups is 1. The van der Waals surface area contributed by atoms with Crippen LogP contribution in [-0.4, -0.2) is 26.8 Å². The number of nitrogens with two attached hydrogens (primary N) is 1. The van der Waals surface area contributed by atoms with E-state index in [1.54, 1.807) is 32.0 Å². The summed E-state index contributed by atoms with van der Waals surface area (Å²) in [6, 6.07) is 6.41. The Morgan fingerprint density at radius 2 is 2.00 bits per heavy atom. The standard InChI is InChI=1S/C11H17NO3S/c1-11(2,8-12)16(13,14)10-6-4-5-9(7-10)15-3/h4-7H,8,12H2,1-3H3. The second-order valence-electron chi connectivity index (χ2n) is 4.15. The first kappa shape index (κ1) is 13.0. The first-order valence-electron chi connectivity index (χ1n) is 4.94. The van der Waals surface area contributed by atoms with E-state index in [2.05, 4.69) is 0 Å². The third-order valence-corrected chi connectivity index (χ3v) is 5.07. The first-order valence-corrected chi connectivity index (χ1v) is 6.42. The van der Waals surface area contributed by atoms with Crippen molar-refractivity contribution in [1.82, 2.24) is 0 Å². The third-order valence-electron chi connectivity index (χ3n) is 2.57. The van der Waals surface area contributed by atoms with Crippen LogP contribution in [0.1, 0.15) is 13.8 Å². The van der Waals surface area contributed by atoms with Crippen molar-refractivity contribution >= 4 is 9.84 Å². The highest BCUT2D eigenvalue weighted by atomic mass is 32.2. The molecule has 4 nitrogen and oxygen atoms in total. The molecule has 0 fully saturated rings. The van der Waals surface area contributed by atoms with Gasteiger partial charge in [-0.2, -0.15) is 0 Å². The van der Waals surface area contributed by atoms with Crippen molar-refractivity contribution in [3.63, 3.8) is 0 Å². The Bertz CT molecular complexity index is 466. The molecule has 1 aromatic carbocycles. The highest BCUT2D eigenvalue weighted by molar-refractivity contribution is 7.92. The summed E-state index contributed by atoms with van der Waals surface area (Å²) in [6.45, 7) is 3.30. The van der Waals surface area contributed by atoms with Crippen molar-refractivity contribution in [1.29, 1.82) is 0 Å². The zero-order chi connectivity index (χ0) is 12.4. The lowest BCUT2D eigenvalue weighted by Crippen LogP contribution is -2.39. The third kappa shape index (κ3) is 2.20. The lowest BCUT2D eigenvalue weighted by atomic mass is 10.2. The van der Waals surface area contributed by atoms with E-state index in [1.807, 2.05) is 0 Å². The second kappa shape index (κ2) is 4.43. The average molecular weight is 243 g/mol. The number of methoxy groups -OCH3 is 1. The molecule has 0 amide bonds. The van der Waals surface area contributed by atoms with Gasteiger partial charge < -0.3 is 10.5 Å². The van der Waals surface area contributed by atoms with Crippen LogP contribution >= 0.6 is 0 Å². The molecule has 0 aliphatic carbocycles. The Hall–Kier alpha value is -1.07. The van der Waals surface area contributed by atoms with Crippen molar-refractivity contribution in [3.05, 3.63) is 24.3 Å². The van der Waals surface area contributed by atoms with Crippen LogP contribution in [0.3, 0.4) is 0 Å². The fourth-order valence-corrected chi connectivity index (χ4v) is 2.58. The van der Waals surface area contributed by atoms with E-state index < -0.39 is 14.6 Å². The van der Waals surface area contributed by atoms with Crippen molar-refractivity contribution in [2.24, 2.45) is 5.73 Å². The molecule has 0 heterocycles. The average Bonchev–Trinajstić information content (AvgIpc) is 2.28. The summed E-state index contributed by atoms with van der Waals surface area (Å²) < 4.78 is 28.5. The maximum Gasteiger partial charge on any atom is 0.184 e. The minimum atomic E-state index is -3.43. The van der Waals surface area contributed by atoms with Gasteiger partial charge in [-0.05, 0) is 32.0 Å². The van der Waals surface area contributed by atoms with Crippen LogP contribution in [0.4, 0.5) is 0 Å². The number of ether oxygens (including phenoxy) is 1. The topological polar surface area (TPSA) is 69.4 Å². The molecule has 0 aromatic heterocycles. The fraction of sp³-hybridized carbons (Fsp3) is 0.455. The smallest absolute Gasteiger partial charge is 0.184 e. The molecule has 1 rings (SSSR count). The van der Waals surface area contributed by atoms with Gasteiger partial charge in [0.25, 0.3) is 0 Å². The van der Waals surface area contributed by atoms with Crippen LogP contribution < -0.4 is 10.5 Å². The molecular formula is C11H17NO3S. The largest absolute Gasteiger partial charge is 0.497 e. The van der Waals surface area contributed by atoms with Gasteiger partial charge in [0.1, 0.15) is 5.75 Å². The van der Waals surface area contributed by atoms with Gasteiger partial charge in [0.05, 0.1) is 16.8 Å². The van der Waals surface area contributed by atoms with E-state index in [0.717, 1.165) is 0 Å². The van der Waals surface area contributed by atoms with Gasteiger partial charge in [0, 0.05) is 6.54 Å². The Balaban J connectivity index is 3.28. The van der Waals surface area contributed by atoms with Crippen molar-refractivity contribution in [2.45, 2.75) is 23.5 Å². The molecule has 0 saturated heterocycles. The van der Waals surface area contributed by atoms with Crippen LogP contribution in [-0.2, 0) is 9.84 Å². The molecule has 2 N–H and O–H groups in total. The predicted molar refractivity (Wildman–Crippen MR) is 63.3 cm³/mol. The Morgan fingerprint density at radius 3 is 2.50 bits per heavy atom. The molecule has 0 aliphatic rings. The summed E-state index contributed by atoms with van der Waals surface area (Å²) in [6.07, 6.45) is 0. The van der Waals surface area contributed by atoms with E-state index in [-0.39, 0.29) is 11.4 Å². The molecule has 90 valence electrons. The second-order valence-corrected chi connectivity index (χ2v) is 6.73. The van der Waals surface area contributed by atoms with E-state index in [9.17, 15) is 8.42 Å². The lowest BCUT2D eigenvalue weighted by molar-refractivity contribution is 0.413. The number of hydrogen-bond donors (Lipinski definition) is 1. The van der Waals surface area contributed by atoms with E-state index in [1.165, 1.54) is 13.2 Å². The molecule has 5 heteroatoms.